The molecule has 0 bridgehead atoms. The van der Waals surface area contributed by atoms with Crippen LogP contribution in [0.2, 0.25) is 0 Å². The standard InChI is InChI=1S/C13H15FN2O/c14-11-6-9(7-15)4-5-12(11)16-8-10-2-1-3-13(10)17/h4-6,10,13,16-17H,1-3,8H2. The maximum Gasteiger partial charge on any atom is 0.147 e. The number of aliphatic hydroxyl groups excluding tert-OH is 1. The van der Waals surface area contributed by atoms with Gasteiger partial charge in [-0.25, -0.2) is 4.39 Å². The van der Waals surface area contributed by atoms with Gasteiger partial charge in [-0.2, -0.15) is 5.26 Å². The molecule has 1 aliphatic rings. The molecular formula is C13H15FN2O. The molecule has 0 spiro atoms. The number of anilines is 1. The van der Waals surface area contributed by atoms with Crippen molar-refractivity contribution in [3.8, 4) is 6.07 Å². The molecule has 0 aliphatic heterocycles. The lowest BCUT2D eigenvalue weighted by Gasteiger charge is -2.16. The molecule has 0 saturated heterocycles. The highest BCUT2D eigenvalue weighted by molar-refractivity contribution is 5.48. The molecule has 1 aromatic rings. The molecule has 2 rings (SSSR count). The number of aliphatic hydroxyl groups is 1. The van der Waals surface area contributed by atoms with Gasteiger partial charge in [0.1, 0.15) is 5.82 Å². The van der Waals surface area contributed by atoms with Gasteiger partial charge in [-0.1, -0.05) is 6.42 Å². The molecule has 17 heavy (non-hydrogen) atoms. The first-order chi connectivity index (χ1) is 8.20. The highest BCUT2D eigenvalue weighted by atomic mass is 19.1. The van der Waals surface area contributed by atoms with Crippen molar-refractivity contribution in [1.29, 1.82) is 5.26 Å². The molecule has 0 aromatic heterocycles. The molecule has 3 nitrogen and oxygen atoms in total. The van der Waals surface area contributed by atoms with Crippen LogP contribution in [0.25, 0.3) is 0 Å². The Bertz CT molecular complexity index is 442. The van der Waals surface area contributed by atoms with Crippen molar-refractivity contribution in [2.45, 2.75) is 25.4 Å². The molecule has 2 unspecified atom stereocenters. The Morgan fingerprint density at radius 2 is 2.29 bits per heavy atom. The third-order valence-corrected chi connectivity index (χ3v) is 3.27. The van der Waals surface area contributed by atoms with E-state index in [4.69, 9.17) is 5.26 Å². The maximum absolute atomic E-state index is 13.5. The summed E-state index contributed by atoms with van der Waals surface area (Å²) in [6.07, 6.45) is 2.57. The lowest BCUT2D eigenvalue weighted by Crippen LogP contribution is -2.22. The summed E-state index contributed by atoms with van der Waals surface area (Å²) in [5.41, 5.74) is 0.706. The van der Waals surface area contributed by atoms with E-state index in [0.717, 1.165) is 19.3 Å². The molecule has 90 valence electrons. The molecule has 0 heterocycles. The Kier molecular flexibility index (Phi) is 3.60. The molecule has 2 atom stereocenters. The van der Waals surface area contributed by atoms with Gasteiger partial charge < -0.3 is 10.4 Å². The summed E-state index contributed by atoms with van der Waals surface area (Å²) in [6, 6.07) is 6.25. The minimum atomic E-state index is -0.420. The van der Waals surface area contributed by atoms with Crippen LogP contribution < -0.4 is 5.32 Å². The number of nitrogens with one attached hydrogen (secondary N) is 1. The van der Waals surface area contributed by atoms with Gasteiger partial charge in [0.05, 0.1) is 23.4 Å². The summed E-state index contributed by atoms with van der Waals surface area (Å²) in [5.74, 6) is -0.221. The van der Waals surface area contributed by atoms with Gasteiger partial charge in [-0.05, 0) is 31.0 Å². The lowest BCUT2D eigenvalue weighted by molar-refractivity contribution is 0.138. The summed E-state index contributed by atoms with van der Waals surface area (Å²) in [4.78, 5) is 0. The number of nitrogens with zero attached hydrogens (tertiary/aromatic N) is 1. The molecule has 0 amide bonds. The second-order valence-corrected chi connectivity index (χ2v) is 4.45. The lowest BCUT2D eigenvalue weighted by atomic mass is 10.1. The average molecular weight is 234 g/mol. The fraction of sp³-hybridized carbons (Fsp3) is 0.462. The third-order valence-electron chi connectivity index (χ3n) is 3.27. The van der Waals surface area contributed by atoms with Crippen LogP contribution >= 0.6 is 0 Å². The van der Waals surface area contributed by atoms with Gasteiger partial charge in [-0.3, -0.25) is 0 Å². The van der Waals surface area contributed by atoms with Crippen LogP contribution in [-0.2, 0) is 0 Å². The fourth-order valence-electron chi connectivity index (χ4n) is 2.22. The van der Waals surface area contributed by atoms with E-state index in [1.807, 2.05) is 6.07 Å². The monoisotopic (exact) mass is 234 g/mol. The third kappa shape index (κ3) is 2.75. The van der Waals surface area contributed by atoms with E-state index >= 15 is 0 Å². The Morgan fingerprint density at radius 1 is 1.47 bits per heavy atom. The van der Waals surface area contributed by atoms with Gasteiger partial charge in [0.2, 0.25) is 0 Å². The van der Waals surface area contributed by atoms with Gasteiger partial charge in [0.15, 0.2) is 0 Å². The Hall–Kier alpha value is -1.60. The molecule has 1 aromatic carbocycles. The molecule has 2 N–H and O–H groups in total. The van der Waals surface area contributed by atoms with E-state index in [-0.39, 0.29) is 12.0 Å². The van der Waals surface area contributed by atoms with Crippen molar-refractivity contribution in [2.75, 3.05) is 11.9 Å². The average Bonchev–Trinajstić information content (AvgIpc) is 2.73. The quantitative estimate of drug-likeness (QED) is 0.843. The number of halogens is 1. The highest BCUT2D eigenvalue weighted by Gasteiger charge is 2.24. The van der Waals surface area contributed by atoms with Crippen molar-refractivity contribution < 1.29 is 9.50 Å². The first-order valence-electron chi connectivity index (χ1n) is 5.82. The zero-order valence-electron chi connectivity index (χ0n) is 9.49. The van der Waals surface area contributed by atoms with Crippen LogP contribution in [0.3, 0.4) is 0 Å². The highest BCUT2D eigenvalue weighted by Crippen LogP contribution is 2.26. The van der Waals surface area contributed by atoms with Crippen LogP contribution in [0.5, 0.6) is 0 Å². The SMILES string of the molecule is N#Cc1ccc(NCC2CCCC2O)c(F)c1. The molecule has 1 fully saturated rings. The summed E-state index contributed by atoms with van der Waals surface area (Å²) < 4.78 is 13.5. The normalized spacial score (nSPS) is 23.4. The number of hydrogen-bond donors (Lipinski definition) is 2. The number of nitriles is 1. The number of benzene rings is 1. The van der Waals surface area contributed by atoms with Crippen molar-refractivity contribution in [3.05, 3.63) is 29.6 Å². The van der Waals surface area contributed by atoms with Gasteiger partial charge in [0.25, 0.3) is 0 Å². The summed E-state index contributed by atoms with van der Waals surface area (Å²) in [7, 11) is 0. The number of hydrogen-bond acceptors (Lipinski definition) is 3. The van der Waals surface area contributed by atoms with Crippen molar-refractivity contribution in [3.63, 3.8) is 0 Å². The summed E-state index contributed by atoms with van der Waals surface area (Å²) in [5, 5.41) is 21.3. The summed E-state index contributed by atoms with van der Waals surface area (Å²) in [6.45, 7) is 0.573. The second kappa shape index (κ2) is 5.15. The van der Waals surface area contributed by atoms with Crippen LogP contribution in [0.4, 0.5) is 10.1 Å². The van der Waals surface area contributed by atoms with E-state index in [1.165, 1.54) is 6.07 Å². The Balaban J connectivity index is 1.97. The summed E-state index contributed by atoms with van der Waals surface area (Å²) >= 11 is 0. The first kappa shape index (κ1) is 11.9. The van der Waals surface area contributed by atoms with Crippen molar-refractivity contribution >= 4 is 5.69 Å². The smallest absolute Gasteiger partial charge is 0.147 e. The minimum absolute atomic E-state index is 0.199. The molecule has 0 radical (unpaired) electrons. The predicted molar refractivity (Wildman–Crippen MR) is 63.0 cm³/mol. The van der Waals surface area contributed by atoms with E-state index < -0.39 is 5.82 Å². The van der Waals surface area contributed by atoms with Crippen LogP contribution in [0, 0.1) is 23.1 Å². The van der Waals surface area contributed by atoms with E-state index in [0.29, 0.717) is 17.8 Å². The van der Waals surface area contributed by atoms with Gasteiger partial charge in [0, 0.05) is 12.5 Å². The van der Waals surface area contributed by atoms with Crippen molar-refractivity contribution in [2.24, 2.45) is 5.92 Å². The van der Waals surface area contributed by atoms with Gasteiger partial charge >= 0.3 is 0 Å². The van der Waals surface area contributed by atoms with Gasteiger partial charge in [-0.15, -0.1) is 0 Å². The van der Waals surface area contributed by atoms with Crippen molar-refractivity contribution in [1.82, 2.24) is 0 Å². The minimum Gasteiger partial charge on any atom is -0.393 e. The Morgan fingerprint density at radius 3 is 2.88 bits per heavy atom. The second-order valence-electron chi connectivity index (χ2n) is 4.45. The van der Waals surface area contributed by atoms with Crippen LogP contribution in [0.1, 0.15) is 24.8 Å². The predicted octanol–water partition coefficient (Wildman–Crippen LogP) is 2.27. The van der Waals surface area contributed by atoms with E-state index in [9.17, 15) is 9.50 Å². The molecule has 1 aliphatic carbocycles. The van der Waals surface area contributed by atoms with Crippen LogP contribution in [0.15, 0.2) is 18.2 Å². The zero-order valence-corrected chi connectivity index (χ0v) is 9.49. The van der Waals surface area contributed by atoms with E-state index in [2.05, 4.69) is 5.32 Å². The fourth-order valence-corrected chi connectivity index (χ4v) is 2.22. The number of rotatable bonds is 3. The van der Waals surface area contributed by atoms with Crippen LogP contribution in [-0.4, -0.2) is 17.8 Å². The molecule has 1 saturated carbocycles. The molecule has 4 heteroatoms. The first-order valence-corrected chi connectivity index (χ1v) is 5.82. The Labute approximate surface area is 99.9 Å². The molecular weight excluding hydrogens is 219 g/mol. The largest absolute Gasteiger partial charge is 0.393 e. The maximum atomic E-state index is 13.5. The van der Waals surface area contributed by atoms with E-state index in [1.54, 1.807) is 12.1 Å². The topological polar surface area (TPSA) is 56.0 Å². The zero-order chi connectivity index (χ0) is 12.3.